The summed E-state index contributed by atoms with van der Waals surface area (Å²) in [4.78, 5) is 179. The zero-order valence-electron chi connectivity index (χ0n) is 54.9. The molecule has 22 N–H and O–H groups in total. The number of aliphatic hydroxyl groups is 2. The summed E-state index contributed by atoms with van der Waals surface area (Å²) in [5.74, 6) is -11.6. The third-order valence-electron chi connectivity index (χ3n) is 14.3. The molecule has 1 rings (SSSR count). The first-order valence-electron chi connectivity index (χ1n) is 31.1. The number of hydrogen-bond acceptors (Lipinski definition) is 21. The Morgan fingerprint density at radius 3 is 1.48 bits per heavy atom. The molecule has 91 heavy (non-hydrogen) atoms. The average Bonchev–Trinajstić information content (AvgIpc) is 1.25. The van der Waals surface area contributed by atoms with Crippen molar-refractivity contribution in [3.05, 3.63) is 0 Å². The molecule has 0 aromatic heterocycles. The number of nitrogens with one attached hydrogen (secondary N) is 12. The summed E-state index contributed by atoms with van der Waals surface area (Å²) in [6.45, 7) is 17.5. The monoisotopic (exact) mass is 1300 g/mol. The normalized spacial score (nSPS) is 22.1. The van der Waals surface area contributed by atoms with Crippen molar-refractivity contribution in [1.29, 1.82) is 0 Å². The Morgan fingerprint density at radius 2 is 1.04 bits per heavy atom. The molecule has 33 nitrogen and oxygen atoms in total. The van der Waals surface area contributed by atoms with Crippen LogP contribution in [0.4, 0.5) is 4.79 Å². The van der Waals surface area contributed by atoms with Crippen molar-refractivity contribution >= 4 is 77.0 Å². The smallest absolute Gasteiger partial charge is 0.407 e. The van der Waals surface area contributed by atoms with Gasteiger partial charge in [-0.25, -0.2) is 4.79 Å². The summed E-state index contributed by atoms with van der Waals surface area (Å²) >= 11 is 0. The molecule has 1 saturated heterocycles. The summed E-state index contributed by atoms with van der Waals surface area (Å²) in [6.07, 6.45) is -5.74. The number of carbonyl (C=O) groups excluding carboxylic acids is 13. The lowest BCUT2D eigenvalue weighted by Crippen LogP contribution is -2.62. The molecule has 0 spiro atoms. The van der Waals surface area contributed by atoms with Crippen LogP contribution in [0.1, 0.15) is 147 Å². The number of hydrogen-bond donors (Lipinski definition) is 18. The minimum atomic E-state index is -1.86. The lowest BCUT2D eigenvalue weighted by atomic mass is 9.91. The zero-order valence-corrected chi connectivity index (χ0v) is 54.9. The molecule has 520 valence electrons. The SMILES string of the molecule is CCC(C)(C)C(=O)OCCC(=O)N[C@@H](CCNC(=O)OC(C)(C)C)C(=O)N[C@H](C(=O)N[C@@H](CCN)C(=O)N[C@H]1CCNC(=O)[C@H](C(C)O)NC(=O)[C@H](CCN)NC(=O)[C@H](CCN)NC(=O)[C@H](CC(C)C)NC(=O)[C@@H](CC(C)C)NC(=O)[C@H](CCN)NC1=O)C(C)O. The van der Waals surface area contributed by atoms with E-state index in [1.165, 1.54) is 6.92 Å². The molecule has 33 heteroatoms. The molecule has 1 fully saturated rings. The van der Waals surface area contributed by atoms with Crippen LogP contribution in [0.25, 0.3) is 0 Å². The van der Waals surface area contributed by atoms with Crippen molar-refractivity contribution in [1.82, 2.24) is 63.8 Å². The standard InChI is InChI=1S/C58H106N16O17/c1-13-58(11,12)55(88)90-27-20-42(77)65-38(19-26-64-56(89)91-57(8,9)10)50(83)74-44(33(7)76)54(87)70-36(16-23-61)46(79)69-39-18-25-63-53(86)43(32(6)75)73-49(82)37(17-24-62)67-45(78)34(14-21-59)68-51(84)40(28-30(2)3)72-52(85)41(29-31(4)5)71-47(80)35(15-22-60)66-48(39)81/h30-41,43-44,75-76H,13-29,59-62H2,1-12H3,(H,63,86)(H,64,89)(H,65,77)(H,66,81)(H,67,78)(H,68,84)(H,69,79)(H,70,87)(H,71,80)(H,72,85)(H,73,82)(H,74,83)/t32?,33?,34-,35-,36-,37-,38-,39-,40-,41+,43-,44-/m0/s1. The van der Waals surface area contributed by atoms with Crippen LogP contribution in [0.3, 0.4) is 0 Å². The molecular formula is C58H106N16O17. The van der Waals surface area contributed by atoms with Crippen molar-refractivity contribution < 1.29 is 82.0 Å². The first-order valence-corrected chi connectivity index (χ1v) is 31.1. The molecule has 0 saturated carbocycles. The van der Waals surface area contributed by atoms with Crippen LogP contribution in [-0.4, -0.2) is 211 Å². The van der Waals surface area contributed by atoms with Gasteiger partial charge in [0.15, 0.2) is 0 Å². The van der Waals surface area contributed by atoms with Crippen molar-refractivity contribution in [2.24, 2.45) is 40.2 Å². The minimum absolute atomic E-state index is 0.0157. The average molecular weight is 1300 g/mol. The van der Waals surface area contributed by atoms with Gasteiger partial charge in [-0.05, 0) is 144 Å². The largest absolute Gasteiger partial charge is 0.465 e. The van der Waals surface area contributed by atoms with Crippen molar-refractivity contribution in [3.63, 3.8) is 0 Å². The molecule has 0 bridgehead atoms. The second-order valence-electron chi connectivity index (χ2n) is 25.0. The first kappa shape index (κ1) is 81.7. The first-order chi connectivity index (χ1) is 42.4. The maximum atomic E-state index is 14.5. The van der Waals surface area contributed by atoms with Crippen LogP contribution in [0.5, 0.6) is 0 Å². The van der Waals surface area contributed by atoms with Gasteiger partial charge in [0.2, 0.25) is 65.0 Å². The van der Waals surface area contributed by atoms with E-state index in [1.807, 2.05) is 0 Å². The number of alkyl carbamates (subject to hydrolysis) is 1. The maximum absolute atomic E-state index is 14.5. The lowest BCUT2D eigenvalue weighted by molar-refractivity contribution is -0.154. The number of nitrogens with two attached hydrogens (primary N) is 4. The molecule has 2 unspecified atom stereocenters. The van der Waals surface area contributed by atoms with Gasteiger partial charge >= 0.3 is 12.1 Å². The Hall–Kier alpha value is -7.33. The molecular weight excluding hydrogens is 1190 g/mol. The van der Waals surface area contributed by atoms with Gasteiger partial charge in [-0.15, -0.1) is 0 Å². The van der Waals surface area contributed by atoms with Crippen LogP contribution in [0, 0.1) is 17.3 Å². The van der Waals surface area contributed by atoms with Gasteiger partial charge < -0.3 is 106 Å². The second kappa shape index (κ2) is 40.5. The molecule has 0 radical (unpaired) electrons. The van der Waals surface area contributed by atoms with E-state index in [-0.39, 0.29) is 96.1 Å². The van der Waals surface area contributed by atoms with Gasteiger partial charge in [-0.3, -0.25) is 57.5 Å². The maximum Gasteiger partial charge on any atom is 0.407 e. The molecule has 1 aliphatic heterocycles. The Morgan fingerprint density at radius 1 is 0.582 bits per heavy atom. The fourth-order valence-corrected chi connectivity index (χ4v) is 8.82. The Labute approximate surface area is 532 Å². The Bertz CT molecular complexity index is 2440. The van der Waals surface area contributed by atoms with E-state index in [1.54, 1.807) is 69.2 Å². The quantitative estimate of drug-likeness (QED) is 0.0312. The predicted molar refractivity (Wildman–Crippen MR) is 332 cm³/mol. The molecule has 12 amide bonds. The highest BCUT2D eigenvalue weighted by atomic mass is 16.6. The summed E-state index contributed by atoms with van der Waals surface area (Å²) in [5.41, 5.74) is 21.8. The van der Waals surface area contributed by atoms with E-state index < -0.39 is 180 Å². The molecule has 1 heterocycles. The fraction of sp³-hybridized carbons (Fsp3) is 0.776. The fourth-order valence-electron chi connectivity index (χ4n) is 8.82. The Balaban J connectivity index is 3.87. The number of amides is 12. The van der Waals surface area contributed by atoms with E-state index in [4.69, 9.17) is 32.4 Å². The third kappa shape index (κ3) is 30.6. The van der Waals surface area contributed by atoms with E-state index in [0.717, 1.165) is 6.92 Å². The van der Waals surface area contributed by atoms with Crippen molar-refractivity contribution in [2.75, 3.05) is 45.9 Å². The third-order valence-corrected chi connectivity index (χ3v) is 14.3. The van der Waals surface area contributed by atoms with Crippen LogP contribution in [0.2, 0.25) is 0 Å². The number of rotatable bonds is 29. The molecule has 1 aliphatic rings. The molecule has 12 atom stereocenters. The van der Waals surface area contributed by atoms with E-state index in [0.29, 0.717) is 6.42 Å². The topological polar surface area (TPSA) is 529 Å². The minimum Gasteiger partial charge on any atom is -0.465 e. The number of carbonyl (C=O) groups is 13. The van der Waals surface area contributed by atoms with Crippen LogP contribution in [0.15, 0.2) is 0 Å². The molecule has 0 aromatic rings. The van der Waals surface area contributed by atoms with E-state index >= 15 is 0 Å². The zero-order chi connectivity index (χ0) is 69.5. The van der Waals surface area contributed by atoms with Crippen LogP contribution in [-0.2, 0) is 67.0 Å². The highest BCUT2D eigenvalue weighted by Gasteiger charge is 2.38. The summed E-state index contributed by atoms with van der Waals surface area (Å²) in [7, 11) is 0. The summed E-state index contributed by atoms with van der Waals surface area (Å²) < 4.78 is 10.5. The number of esters is 1. The van der Waals surface area contributed by atoms with Crippen molar-refractivity contribution in [3.8, 4) is 0 Å². The summed E-state index contributed by atoms with van der Waals surface area (Å²) in [5, 5.41) is 51.8. The van der Waals surface area contributed by atoms with E-state index in [2.05, 4.69) is 63.8 Å². The van der Waals surface area contributed by atoms with Crippen LogP contribution >= 0.6 is 0 Å². The van der Waals surface area contributed by atoms with Gasteiger partial charge in [0.1, 0.15) is 72.6 Å². The van der Waals surface area contributed by atoms with Gasteiger partial charge in [0, 0.05) is 13.1 Å². The van der Waals surface area contributed by atoms with Crippen molar-refractivity contribution in [2.45, 2.75) is 226 Å². The highest BCUT2D eigenvalue weighted by molar-refractivity contribution is 5.99. The Kier molecular flexibility index (Phi) is 36.4. The van der Waals surface area contributed by atoms with E-state index in [9.17, 15) is 72.5 Å². The number of ether oxygens (including phenoxy) is 2. The van der Waals surface area contributed by atoms with Gasteiger partial charge in [0.05, 0.1) is 24.0 Å². The highest BCUT2D eigenvalue weighted by Crippen LogP contribution is 2.21. The molecule has 0 aliphatic carbocycles. The van der Waals surface area contributed by atoms with Gasteiger partial charge in [0.25, 0.3) is 0 Å². The predicted octanol–water partition coefficient (Wildman–Crippen LogP) is -5.11. The molecule has 0 aromatic carbocycles. The van der Waals surface area contributed by atoms with Crippen LogP contribution < -0.4 is 86.7 Å². The second-order valence-corrected chi connectivity index (χ2v) is 25.0. The van der Waals surface area contributed by atoms with Gasteiger partial charge in [-0.1, -0.05) is 34.6 Å². The number of aliphatic hydroxyl groups excluding tert-OH is 2. The van der Waals surface area contributed by atoms with Gasteiger partial charge in [-0.2, -0.15) is 0 Å². The summed E-state index contributed by atoms with van der Waals surface area (Å²) in [6, 6.07) is -15.4. The lowest BCUT2D eigenvalue weighted by Gasteiger charge is -2.29.